The van der Waals surface area contributed by atoms with Crippen molar-refractivity contribution in [2.75, 3.05) is 13.2 Å². The van der Waals surface area contributed by atoms with Gasteiger partial charge in [-0.15, -0.1) is 0 Å². The Kier molecular flexibility index (Phi) is 5.48. The summed E-state index contributed by atoms with van der Waals surface area (Å²) in [6.07, 6.45) is 0. The zero-order valence-corrected chi connectivity index (χ0v) is 9.23. The molecule has 0 aliphatic heterocycles. The largest absolute Gasteiger partial charge is 0.383 e. The van der Waals surface area contributed by atoms with E-state index in [1.807, 2.05) is 0 Å². The Morgan fingerprint density at radius 1 is 1.25 bits per heavy atom. The Hall–Kier alpha value is 1.03. The molecule has 0 amide bonds. The maximum absolute atomic E-state index is 10.3. The third kappa shape index (κ3) is 11.0. The van der Waals surface area contributed by atoms with E-state index in [0.29, 0.717) is 0 Å². The molecule has 0 aromatic rings. The van der Waals surface area contributed by atoms with Crippen LogP contribution in [0.25, 0.3) is 0 Å². The van der Waals surface area contributed by atoms with Gasteiger partial charge in [-0.2, -0.15) is 0 Å². The summed E-state index contributed by atoms with van der Waals surface area (Å²) in [5, 5.41) is 0. The van der Waals surface area contributed by atoms with Crippen molar-refractivity contribution >= 4 is 37.6 Å². The van der Waals surface area contributed by atoms with Crippen LogP contribution < -0.4 is 0 Å². The molecule has 0 aliphatic rings. The molecule has 3 N–H and O–H groups in total. The molecule has 0 aromatic heterocycles. The monoisotopic (exact) mass is 254 g/mol. The maximum atomic E-state index is 10.3. The second kappa shape index (κ2) is 5.05. The van der Waals surface area contributed by atoms with E-state index in [4.69, 9.17) is 14.7 Å². The van der Waals surface area contributed by atoms with Gasteiger partial charge in [-0.1, -0.05) is 12.2 Å². The van der Waals surface area contributed by atoms with Crippen molar-refractivity contribution < 1.29 is 28.3 Å². The van der Waals surface area contributed by atoms with Crippen LogP contribution in [0.15, 0.2) is 0 Å². The van der Waals surface area contributed by atoms with E-state index < -0.39 is 13.5 Å². The molecule has 0 aromatic carbocycles. The van der Waals surface area contributed by atoms with Crippen LogP contribution in [0.2, 0.25) is 0 Å². The van der Waals surface area contributed by atoms with E-state index in [2.05, 4.69) is 33.1 Å². The quantitative estimate of drug-likeness (QED) is 0.317. The second-order valence-electron chi connectivity index (χ2n) is 1.65. The summed E-state index contributed by atoms with van der Waals surface area (Å²) in [6.45, 7) is -8.06. The van der Waals surface area contributed by atoms with Crippen molar-refractivity contribution in [2.24, 2.45) is 0 Å². The first kappa shape index (κ1) is 13.0. The van der Waals surface area contributed by atoms with Crippen LogP contribution in [0.4, 0.5) is 0 Å². The van der Waals surface area contributed by atoms with Crippen molar-refractivity contribution in [3.8, 4) is 0 Å². The molecule has 0 spiro atoms. The van der Waals surface area contributed by atoms with Gasteiger partial charge in [0, 0.05) is 0 Å². The normalized spacial score (nSPS) is 17.3. The highest BCUT2D eigenvalue weighted by Gasteiger charge is 2.12. The van der Waals surface area contributed by atoms with Crippen molar-refractivity contribution in [1.29, 1.82) is 0 Å². The maximum Gasteiger partial charge on any atom is 0.383 e. The smallest absolute Gasteiger partial charge is 0.325 e. The first-order valence-corrected chi connectivity index (χ1v) is 7.96. The molecule has 12 heavy (non-hydrogen) atoms. The molecule has 0 fully saturated rings. The lowest BCUT2D eigenvalue weighted by molar-refractivity contribution is 0.183. The van der Waals surface area contributed by atoms with Crippen LogP contribution in [-0.2, 0) is 25.4 Å². The van der Waals surface area contributed by atoms with Gasteiger partial charge in [0.05, 0.1) is 13.2 Å². The van der Waals surface area contributed by atoms with Gasteiger partial charge in [-0.25, -0.2) is 4.57 Å². The molecular weight excluding hydrogens is 246 g/mol. The number of thiol groups is 1. The molecule has 0 saturated heterocycles. The standard InChI is InChI=1S/C2H8O6P2S2/c3-9(4,11)7-1-2-8-10(5,6)12/h1-2H2,(H2,3,4,11)(H2,5,6,12). The summed E-state index contributed by atoms with van der Waals surface area (Å²) < 4.78 is 18.8. The SMILES string of the molecule is O=P(O)(S)OCCOP(O)(O)=S. The Labute approximate surface area is 79.5 Å². The fraction of sp³-hybridized carbons (Fsp3) is 1.00. The van der Waals surface area contributed by atoms with Gasteiger partial charge in [0.25, 0.3) is 0 Å². The molecule has 0 heterocycles. The van der Waals surface area contributed by atoms with Crippen molar-refractivity contribution in [1.82, 2.24) is 0 Å². The highest BCUT2D eigenvalue weighted by molar-refractivity contribution is 8.44. The summed E-state index contributed by atoms with van der Waals surface area (Å²) in [5.41, 5.74) is 0. The summed E-state index contributed by atoms with van der Waals surface area (Å²) in [7, 11) is 0. The zero-order chi connectivity index (χ0) is 9.83. The lowest BCUT2D eigenvalue weighted by Crippen LogP contribution is -1.99. The molecule has 1 unspecified atom stereocenters. The van der Waals surface area contributed by atoms with E-state index in [9.17, 15) is 4.57 Å². The van der Waals surface area contributed by atoms with E-state index in [0.717, 1.165) is 0 Å². The molecule has 1 atom stereocenters. The molecule has 0 saturated carbocycles. The lowest BCUT2D eigenvalue weighted by Gasteiger charge is -2.09. The second-order valence-corrected chi connectivity index (χ2v) is 7.07. The van der Waals surface area contributed by atoms with E-state index in [-0.39, 0.29) is 13.2 Å². The molecule has 10 heteroatoms. The molecule has 0 rings (SSSR count). The van der Waals surface area contributed by atoms with Gasteiger partial charge < -0.3 is 19.2 Å². The summed E-state index contributed by atoms with van der Waals surface area (Å²) in [4.78, 5) is 25.4. The summed E-state index contributed by atoms with van der Waals surface area (Å²) in [6, 6.07) is 0. The minimum absolute atomic E-state index is 0.268. The van der Waals surface area contributed by atoms with Crippen LogP contribution in [0.5, 0.6) is 0 Å². The van der Waals surface area contributed by atoms with Crippen molar-refractivity contribution in [3.63, 3.8) is 0 Å². The minimum atomic E-state index is -3.82. The summed E-state index contributed by atoms with van der Waals surface area (Å²) in [5.74, 6) is 0. The average molecular weight is 254 g/mol. The predicted octanol–water partition coefficient (Wildman–Crippen LogP) is 0.259. The Morgan fingerprint density at radius 3 is 2.00 bits per heavy atom. The van der Waals surface area contributed by atoms with E-state index in [1.54, 1.807) is 0 Å². The Morgan fingerprint density at radius 2 is 1.67 bits per heavy atom. The van der Waals surface area contributed by atoms with Crippen LogP contribution >= 0.6 is 25.8 Å². The van der Waals surface area contributed by atoms with Gasteiger partial charge in [0.2, 0.25) is 0 Å². The molecule has 0 radical (unpaired) electrons. The third-order valence-corrected chi connectivity index (χ3v) is 2.30. The van der Waals surface area contributed by atoms with Gasteiger partial charge in [0.15, 0.2) is 0 Å². The number of hydrogen-bond acceptors (Lipinski definition) is 4. The molecule has 74 valence electrons. The van der Waals surface area contributed by atoms with E-state index in [1.165, 1.54) is 0 Å². The topological polar surface area (TPSA) is 96.2 Å². The van der Waals surface area contributed by atoms with E-state index >= 15 is 0 Å². The molecular formula is C2H8O6P2S2. The van der Waals surface area contributed by atoms with Gasteiger partial charge in [-0.05, 0) is 11.8 Å². The minimum Gasteiger partial charge on any atom is -0.325 e. The number of rotatable bonds is 5. The van der Waals surface area contributed by atoms with Crippen LogP contribution in [0.3, 0.4) is 0 Å². The third-order valence-electron chi connectivity index (χ3n) is 0.602. The fourth-order valence-corrected chi connectivity index (χ4v) is 1.41. The van der Waals surface area contributed by atoms with Crippen LogP contribution in [0.1, 0.15) is 0 Å². The molecule has 6 nitrogen and oxygen atoms in total. The first-order valence-electron chi connectivity index (χ1n) is 2.61. The Balaban J connectivity index is 3.48. The highest BCUT2D eigenvalue weighted by Crippen LogP contribution is 2.46. The Bertz CT molecular complexity index is 194. The van der Waals surface area contributed by atoms with Crippen LogP contribution in [-0.4, -0.2) is 27.9 Å². The lowest BCUT2D eigenvalue weighted by atomic mass is 10.8. The molecule has 0 aliphatic carbocycles. The summed E-state index contributed by atoms with van der Waals surface area (Å²) >= 11 is 7.28. The first-order chi connectivity index (χ1) is 5.21. The highest BCUT2D eigenvalue weighted by atomic mass is 32.7. The van der Waals surface area contributed by atoms with Crippen molar-refractivity contribution in [2.45, 2.75) is 0 Å². The van der Waals surface area contributed by atoms with Gasteiger partial charge >= 0.3 is 13.5 Å². The van der Waals surface area contributed by atoms with Crippen molar-refractivity contribution in [3.05, 3.63) is 0 Å². The molecule has 0 bridgehead atoms. The van der Waals surface area contributed by atoms with Crippen LogP contribution in [0, 0.1) is 0 Å². The van der Waals surface area contributed by atoms with Gasteiger partial charge in [-0.3, -0.25) is 4.52 Å². The average Bonchev–Trinajstić information content (AvgIpc) is 1.76. The zero-order valence-electron chi connectivity index (χ0n) is 5.73. The predicted molar refractivity (Wildman–Crippen MR) is 49.4 cm³/mol. The number of hydrogen-bond donors (Lipinski definition) is 4. The fourth-order valence-electron chi connectivity index (χ4n) is 0.312. The van der Waals surface area contributed by atoms with Gasteiger partial charge in [0.1, 0.15) is 0 Å².